The number of benzene rings is 1. The van der Waals surface area contributed by atoms with E-state index in [1.165, 1.54) is 19.3 Å². The van der Waals surface area contributed by atoms with Gasteiger partial charge in [0.2, 0.25) is 5.91 Å². The summed E-state index contributed by atoms with van der Waals surface area (Å²) in [5.41, 5.74) is 1.51. The van der Waals surface area contributed by atoms with Crippen LogP contribution in [0.3, 0.4) is 0 Å². The molecule has 2 aliphatic rings. The van der Waals surface area contributed by atoms with Crippen LogP contribution in [0, 0.1) is 11.8 Å². The predicted octanol–water partition coefficient (Wildman–Crippen LogP) is 5.40. The predicted molar refractivity (Wildman–Crippen MR) is 123 cm³/mol. The summed E-state index contributed by atoms with van der Waals surface area (Å²) in [5.74, 6) is 2.00. The summed E-state index contributed by atoms with van der Waals surface area (Å²) in [6.45, 7) is 2.16. The first-order valence-electron chi connectivity index (χ1n) is 11.4. The lowest BCUT2D eigenvalue weighted by atomic mass is 9.87. The molecule has 30 heavy (non-hydrogen) atoms. The number of nitrogens with one attached hydrogen (secondary N) is 1. The minimum absolute atomic E-state index is 0.0447. The van der Waals surface area contributed by atoms with Gasteiger partial charge in [-0.2, -0.15) is 0 Å². The topological polar surface area (TPSA) is 65.5 Å². The molecule has 2 heterocycles. The smallest absolute Gasteiger partial charge is 0.224 e. The van der Waals surface area contributed by atoms with Crippen molar-refractivity contribution in [2.45, 2.75) is 57.8 Å². The fraction of sp³-hybridized carbons (Fsp3) is 0.583. The minimum atomic E-state index is 0.0447. The molecular formula is C24H32ClN3O2. The van der Waals surface area contributed by atoms with Crippen LogP contribution in [0.25, 0.3) is 10.9 Å². The van der Waals surface area contributed by atoms with Gasteiger partial charge < -0.3 is 15.3 Å². The van der Waals surface area contributed by atoms with Crippen LogP contribution in [-0.2, 0) is 4.79 Å². The maximum Gasteiger partial charge on any atom is 0.224 e. The molecule has 2 fully saturated rings. The largest absolute Gasteiger partial charge is 0.396 e. The number of carbonyl (C=O) groups excluding carboxylic acids is 1. The lowest BCUT2D eigenvalue weighted by Crippen LogP contribution is -2.36. The van der Waals surface area contributed by atoms with Crippen molar-refractivity contribution in [3.05, 3.63) is 29.3 Å². The highest BCUT2D eigenvalue weighted by atomic mass is 35.5. The number of anilines is 2. The van der Waals surface area contributed by atoms with E-state index in [2.05, 4.69) is 10.2 Å². The second-order valence-electron chi connectivity index (χ2n) is 8.88. The van der Waals surface area contributed by atoms with Crippen LogP contribution in [0.4, 0.5) is 11.5 Å². The standard InChI is InChI=1S/C24H32ClN3O2/c25-20-9-10-21-19(24(20)27-23(30)15-17-5-2-1-3-6-17)8-11-22(26-21)28-13-4-7-18(16-28)12-14-29/h8-11,17-18,29H,1-7,12-16H2,(H,27,30). The third-order valence-corrected chi connectivity index (χ3v) is 6.96. The molecule has 162 valence electrons. The Morgan fingerprint density at radius 3 is 2.70 bits per heavy atom. The van der Waals surface area contributed by atoms with Crippen molar-refractivity contribution in [2.24, 2.45) is 11.8 Å². The second-order valence-corrected chi connectivity index (χ2v) is 9.29. The van der Waals surface area contributed by atoms with Crippen molar-refractivity contribution < 1.29 is 9.90 Å². The molecule has 4 rings (SSSR count). The number of halogens is 1. The Morgan fingerprint density at radius 1 is 1.10 bits per heavy atom. The molecule has 1 saturated carbocycles. The quantitative estimate of drug-likeness (QED) is 0.645. The molecule has 1 aliphatic heterocycles. The number of fused-ring (bicyclic) bond motifs is 1. The molecule has 1 aromatic heterocycles. The van der Waals surface area contributed by atoms with Gasteiger partial charge >= 0.3 is 0 Å². The summed E-state index contributed by atoms with van der Waals surface area (Å²) in [5, 5.41) is 13.8. The highest BCUT2D eigenvalue weighted by Crippen LogP contribution is 2.34. The van der Waals surface area contributed by atoms with Gasteiger partial charge in [-0.1, -0.05) is 30.9 Å². The number of aromatic nitrogens is 1. The van der Waals surface area contributed by atoms with Crippen LogP contribution in [0.2, 0.25) is 5.02 Å². The Hall–Kier alpha value is -1.85. The van der Waals surface area contributed by atoms with Crippen molar-refractivity contribution in [1.29, 1.82) is 0 Å². The summed E-state index contributed by atoms with van der Waals surface area (Å²) < 4.78 is 0. The van der Waals surface area contributed by atoms with Crippen molar-refractivity contribution >= 4 is 39.9 Å². The fourth-order valence-electron chi connectivity index (χ4n) is 5.01. The van der Waals surface area contributed by atoms with E-state index in [0.717, 1.165) is 61.9 Å². The van der Waals surface area contributed by atoms with Crippen molar-refractivity contribution in [1.82, 2.24) is 4.98 Å². The van der Waals surface area contributed by atoms with Crippen LogP contribution in [-0.4, -0.2) is 35.7 Å². The van der Waals surface area contributed by atoms with Gasteiger partial charge in [0.15, 0.2) is 0 Å². The summed E-state index contributed by atoms with van der Waals surface area (Å²) >= 11 is 6.46. The molecule has 1 unspecified atom stereocenters. The molecule has 0 radical (unpaired) electrons. The summed E-state index contributed by atoms with van der Waals surface area (Å²) in [4.78, 5) is 19.8. The zero-order valence-corrected chi connectivity index (χ0v) is 18.3. The number of aliphatic hydroxyl groups excluding tert-OH is 1. The number of carbonyl (C=O) groups is 1. The normalized spacial score (nSPS) is 20.5. The molecule has 2 N–H and O–H groups in total. The number of piperidine rings is 1. The zero-order valence-electron chi connectivity index (χ0n) is 17.6. The number of amides is 1. The number of hydrogen-bond acceptors (Lipinski definition) is 4. The number of nitrogens with zero attached hydrogens (tertiary/aromatic N) is 2. The number of aliphatic hydroxyl groups is 1. The Balaban J connectivity index is 1.51. The molecule has 5 nitrogen and oxygen atoms in total. The average molecular weight is 430 g/mol. The van der Waals surface area contributed by atoms with Crippen LogP contribution in [0.5, 0.6) is 0 Å². The van der Waals surface area contributed by atoms with Crippen molar-refractivity contribution in [2.75, 3.05) is 29.9 Å². The second kappa shape index (κ2) is 9.97. The first-order chi connectivity index (χ1) is 14.6. The van der Waals surface area contributed by atoms with Gasteiger partial charge in [0, 0.05) is 31.5 Å². The fourth-order valence-corrected chi connectivity index (χ4v) is 5.22. The van der Waals surface area contributed by atoms with Crippen LogP contribution in [0.15, 0.2) is 24.3 Å². The monoisotopic (exact) mass is 429 g/mol. The van der Waals surface area contributed by atoms with E-state index in [-0.39, 0.29) is 12.5 Å². The number of rotatable bonds is 6. The van der Waals surface area contributed by atoms with Gasteiger partial charge in [-0.3, -0.25) is 4.79 Å². The van der Waals surface area contributed by atoms with Crippen LogP contribution in [0.1, 0.15) is 57.8 Å². The lowest BCUT2D eigenvalue weighted by molar-refractivity contribution is -0.117. The third-order valence-electron chi connectivity index (χ3n) is 6.65. The van der Waals surface area contributed by atoms with Gasteiger partial charge in [-0.25, -0.2) is 4.98 Å². The van der Waals surface area contributed by atoms with E-state index in [0.29, 0.717) is 29.0 Å². The molecule has 1 aromatic carbocycles. The van der Waals surface area contributed by atoms with E-state index in [4.69, 9.17) is 16.6 Å². The average Bonchev–Trinajstić information content (AvgIpc) is 2.76. The van der Waals surface area contributed by atoms with E-state index >= 15 is 0 Å². The molecule has 0 bridgehead atoms. The molecule has 1 amide bonds. The molecule has 1 saturated heterocycles. The van der Waals surface area contributed by atoms with Gasteiger partial charge in [0.25, 0.3) is 0 Å². The highest BCUT2D eigenvalue weighted by Gasteiger charge is 2.22. The number of hydrogen-bond donors (Lipinski definition) is 2. The van der Waals surface area contributed by atoms with Gasteiger partial charge in [0.05, 0.1) is 16.2 Å². The number of pyridine rings is 1. The first-order valence-corrected chi connectivity index (χ1v) is 11.8. The first kappa shape index (κ1) is 21.4. The maximum absolute atomic E-state index is 12.7. The van der Waals surface area contributed by atoms with Crippen LogP contribution >= 0.6 is 11.6 Å². The van der Waals surface area contributed by atoms with E-state index in [1.807, 2.05) is 24.3 Å². The third kappa shape index (κ3) is 5.06. The highest BCUT2D eigenvalue weighted by molar-refractivity contribution is 6.35. The van der Waals surface area contributed by atoms with Crippen molar-refractivity contribution in [3.63, 3.8) is 0 Å². The Bertz CT molecular complexity index is 880. The van der Waals surface area contributed by atoms with Crippen LogP contribution < -0.4 is 10.2 Å². The molecule has 6 heteroatoms. The molecule has 1 aliphatic carbocycles. The SMILES string of the molecule is O=C(CC1CCCCC1)Nc1c(Cl)ccc2nc(N3CCCC(CCO)C3)ccc12. The molecule has 0 spiro atoms. The molecule has 2 aromatic rings. The minimum Gasteiger partial charge on any atom is -0.396 e. The Morgan fingerprint density at radius 2 is 1.90 bits per heavy atom. The van der Waals surface area contributed by atoms with Gasteiger partial charge in [-0.15, -0.1) is 0 Å². The van der Waals surface area contributed by atoms with E-state index in [1.54, 1.807) is 0 Å². The van der Waals surface area contributed by atoms with Crippen molar-refractivity contribution in [3.8, 4) is 0 Å². The summed E-state index contributed by atoms with van der Waals surface area (Å²) in [6.07, 6.45) is 9.74. The summed E-state index contributed by atoms with van der Waals surface area (Å²) in [7, 11) is 0. The molecular weight excluding hydrogens is 398 g/mol. The van der Waals surface area contributed by atoms with Gasteiger partial charge in [0.1, 0.15) is 5.82 Å². The Labute approximate surface area is 183 Å². The zero-order chi connectivity index (χ0) is 20.9. The summed E-state index contributed by atoms with van der Waals surface area (Å²) in [6, 6.07) is 7.79. The van der Waals surface area contributed by atoms with Gasteiger partial charge in [-0.05, 0) is 68.2 Å². The van der Waals surface area contributed by atoms with E-state index in [9.17, 15) is 9.90 Å². The van der Waals surface area contributed by atoms with E-state index < -0.39 is 0 Å². The maximum atomic E-state index is 12.7. The lowest BCUT2D eigenvalue weighted by Gasteiger charge is -2.33. The molecule has 1 atom stereocenters. The Kier molecular flexibility index (Phi) is 7.11.